The maximum Gasteiger partial charge on any atom is 0.124 e. The molecule has 0 radical (unpaired) electrons. The van der Waals surface area contributed by atoms with Crippen LogP contribution in [-0.4, -0.2) is 17.5 Å². The Kier molecular flexibility index (Phi) is 2.50. The van der Waals surface area contributed by atoms with Crippen molar-refractivity contribution in [1.29, 1.82) is 0 Å². The van der Waals surface area contributed by atoms with Crippen LogP contribution in [0.2, 0.25) is 0 Å². The van der Waals surface area contributed by atoms with Crippen molar-refractivity contribution < 1.29 is 9.94 Å². The minimum absolute atomic E-state index is 0.176. The van der Waals surface area contributed by atoms with Gasteiger partial charge in [-0.05, 0) is 24.5 Å². The van der Waals surface area contributed by atoms with E-state index in [0.717, 1.165) is 12.0 Å². The van der Waals surface area contributed by atoms with Gasteiger partial charge in [0.05, 0.1) is 12.3 Å². The molecule has 1 aliphatic rings. The van der Waals surface area contributed by atoms with Crippen molar-refractivity contribution in [3.63, 3.8) is 0 Å². The molecule has 0 saturated carbocycles. The normalized spacial score (nSPS) is 21.8. The second-order valence-electron chi connectivity index (χ2n) is 3.44. The molecule has 1 aliphatic heterocycles. The lowest BCUT2D eigenvalue weighted by Crippen LogP contribution is -2.21. The molecule has 2 rings (SSSR count). The average Bonchev–Trinajstić information content (AvgIpc) is 2.27. The summed E-state index contributed by atoms with van der Waals surface area (Å²) in [5.74, 6) is 0. The fraction of sp³-hybridized carbons (Fsp3) is 0.364. The van der Waals surface area contributed by atoms with E-state index in [2.05, 4.69) is 11.2 Å². The minimum Gasteiger partial charge on any atom is -0.411 e. The predicted molar refractivity (Wildman–Crippen MR) is 53.7 cm³/mol. The van der Waals surface area contributed by atoms with Crippen LogP contribution in [0, 0.1) is 0 Å². The molecule has 1 unspecified atom stereocenters. The second-order valence-corrected chi connectivity index (χ2v) is 3.44. The van der Waals surface area contributed by atoms with E-state index in [0.29, 0.717) is 12.3 Å². The van der Waals surface area contributed by atoms with Crippen LogP contribution in [0.3, 0.4) is 0 Å². The number of nitrogens with zero attached hydrogens (tertiary/aromatic N) is 1. The van der Waals surface area contributed by atoms with Crippen LogP contribution in [0.25, 0.3) is 0 Å². The molecule has 1 N–H and O–H groups in total. The number of fused-ring (bicyclic) bond motifs is 1. The Labute approximate surface area is 83.0 Å². The molecule has 3 nitrogen and oxygen atoms in total. The molecule has 1 atom stereocenters. The number of benzene rings is 1. The van der Waals surface area contributed by atoms with Crippen molar-refractivity contribution in [2.45, 2.75) is 19.4 Å². The Morgan fingerprint density at radius 2 is 2.29 bits per heavy atom. The van der Waals surface area contributed by atoms with E-state index < -0.39 is 0 Å². The Balaban J connectivity index is 2.40. The Morgan fingerprint density at radius 3 is 3.07 bits per heavy atom. The van der Waals surface area contributed by atoms with Gasteiger partial charge in [0.1, 0.15) is 6.10 Å². The number of ether oxygens (including phenoxy) is 1. The van der Waals surface area contributed by atoms with Gasteiger partial charge in [-0.3, -0.25) is 0 Å². The van der Waals surface area contributed by atoms with E-state index >= 15 is 0 Å². The van der Waals surface area contributed by atoms with Crippen LogP contribution >= 0.6 is 0 Å². The molecule has 14 heavy (non-hydrogen) atoms. The predicted octanol–water partition coefficient (Wildman–Crippen LogP) is 2.15. The lowest BCUT2D eigenvalue weighted by atomic mass is 9.95. The van der Waals surface area contributed by atoms with E-state index in [9.17, 15) is 0 Å². The lowest BCUT2D eigenvalue weighted by Gasteiger charge is -2.25. The summed E-state index contributed by atoms with van der Waals surface area (Å²) >= 11 is 0. The van der Waals surface area contributed by atoms with Gasteiger partial charge in [-0.1, -0.05) is 29.4 Å². The van der Waals surface area contributed by atoms with Gasteiger partial charge >= 0.3 is 0 Å². The highest BCUT2D eigenvalue weighted by Crippen LogP contribution is 2.27. The highest BCUT2D eigenvalue weighted by Gasteiger charge is 2.22. The molecule has 1 aromatic rings. The molecule has 0 spiro atoms. The van der Waals surface area contributed by atoms with Crippen LogP contribution in [0.5, 0.6) is 0 Å². The summed E-state index contributed by atoms with van der Waals surface area (Å²) < 4.78 is 5.57. The van der Waals surface area contributed by atoms with Crippen molar-refractivity contribution >= 4 is 5.71 Å². The van der Waals surface area contributed by atoms with E-state index in [1.165, 1.54) is 5.56 Å². The zero-order valence-corrected chi connectivity index (χ0v) is 8.10. The maximum absolute atomic E-state index is 8.72. The third kappa shape index (κ3) is 1.51. The number of rotatable bonds is 1. The summed E-state index contributed by atoms with van der Waals surface area (Å²) in [6.45, 7) is 2.46. The van der Waals surface area contributed by atoms with Gasteiger partial charge in [-0.15, -0.1) is 0 Å². The molecule has 0 aromatic heterocycles. The van der Waals surface area contributed by atoms with Gasteiger partial charge in [0, 0.05) is 0 Å². The van der Waals surface area contributed by atoms with Crippen molar-refractivity contribution in [2.75, 3.05) is 6.61 Å². The quantitative estimate of drug-likeness (QED) is 0.420. The zero-order valence-electron chi connectivity index (χ0n) is 8.10. The highest BCUT2D eigenvalue weighted by molar-refractivity contribution is 5.87. The average molecular weight is 191 g/mol. The first kappa shape index (κ1) is 9.21. The van der Waals surface area contributed by atoms with Crippen molar-refractivity contribution in [2.24, 2.45) is 5.16 Å². The van der Waals surface area contributed by atoms with Crippen LogP contribution in [-0.2, 0) is 11.2 Å². The molecule has 0 fully saturated rings. The van der Waals surface area contributed by atoms with Gasteiger partial charge in [0.2, 0.25) is 0 Å². The summed E-state index contributed by atoms with van der Waals surface area (Å²) in [4.78, 5) is 0. The van der Waals surface area contributed by atoms with E-state index in [1.54, 1.807) is 6.92 Å². The number of hydrogen-bond donors (Lipinski definition) is 1. The molecule has 3 heteroatoms. The lowest BCUT2D eigenvalue weighted by molar-refractivity contribution is 0.0848. The topological polar surface area (TPSA) is 41.8 Å². The summed E-state index contributed by atoms with van der Waals surface area (Å²) in [6, 6.07) is 8.11. The van der Waals surface area contributed by atoms with Crippen molar-refractivity contribution in [3.8, 4) is 0 Å². The fourth-order valence-corrected chi connectivity index (χ4v) is 1.79. The maximum atomic E-state index is 8.72. The molecule has 0 bridgehead atoms. The Hall–Kier alpha value is -1.35. The van der Waals surface area contributed by atoms with Gasteiger partial charge in [0.25, 0.3) is 0 Å². The molecule has 74 valence electrons. The van der Waals surface area contributed by atoms with Gasteiger partial charge in [-0.25, -0.2) is 0 Å². The molecule has 1 aromatic carbocycles. The SMILES string of the molecule is CC(=NO)C1OCCc2ccccc21. The summed E-state index contributed by atoms with van der Waals surface area (Å²) in [7, 11) is 0. The zero-order chi connectivity index (χ0) is 9.97. The van der Waals surface area contributed by atoms with Crippen LogP contribution < -0.4 is 0 Å². The monoisotopic (exact) mass is 191 g/mol. The van der Waals surface area contributed by atoms with Gasteiger partial charge < -0.3 is 9.94 Å². The molecule has 1 heterocycles. The summed E-state index contributed by atoms with van der Waals surface area (Å²) in [5.41, 5.74) is 3.01. The molecular formula is C11H13NO2. The minimum atomic E-state index is -0.176. The van der Waals surface area contributed by atoms with E-state index in [-0.39, 0.29) is 6.10 Å². The van der Waals surface area contributed by atoms with E-state index in [1.807, 2.05) is 18.2 Å². The highest BCUT2D eigenvalue weighted by atomic mass is 16.5. The molecule has 0 saturated heterocycles. The molecule has 0 amide bonds. The van der Waals surface area contributed by atoms with Crippen molar-refractivity contribution in [1.82, 2.24) is 0 Å². The first-order valence-corrected chi connectivity index (χ1v) is 4.71. The van der Waals surface area contributed by atoms with Crippen molar-refractivity contribution in [3.05, 3.63) is 35.4 Å². The Bertz CT molecular complexity index is 360. The number of hydrogen-bond acceptors (Lipinski definition) is 3. The third-order valence-corrected chi connectivity index (χ3v) is 2.53. The van der Waals surface area contributed by atoms with E-state index in [4.69, 9.17) is 9.94 Å². The standard InChI is InChI=1S/C11H13NO2/c1-8(12-13)11-10-5-3-2-4-9(10)6-7-14-11/h2-5,11,13H,6-7H2,1H3. The van der Waals surface area contributed by atoms with Crippen LogP contribution in [0.15, 0.2) is 29.4 Å². The third-order valence-electron chi connectivity index (χ3n) is 2.53. The fourth-order valence-electron chi connectivity index (χ4n) is 1.79. The first-order chi connectivity index (χ1) is 6.83. The van der Waals surface area contributed by atoms with Gasteiger partial charge in [-0.2, -0.15) is 0 Å². The second kappa shape index (κ2) is 3.80. The number of oxime groups is 1. The van der Waals surface area contributed by atoms with Crippen LogP contribution in [0.4, 0.5) is 0 Å². The smallest absolute Gasteiger partial charge is 0.124 e. The Morgan fingerprint density at radius 1 is 1.50 bits per heavy atom. The largest absolute Gasteiger partial charge is 0.411 e. The van der Waals surface area contributed by atoms with Crippen LogP contribution in [0.1, 0.15) is 24.2 Å². The summed E-state index contributed by atoms with van der Waals surface area (Å²) in [6.07, 6.45) is 0.760. The molecular weight excluding hydrogens is 178 g/mol. The molecule has 0 aliphatic carbocycles. The summed E-state index contributed by atoms with van der Waals surface area (Å²) in [5, 5.41) is 11.9. The first-order valence-electron chi connectivity index (χ1n) is 4.71. The van der Waals surface area contributed by atoms with Gasteiger partial charge in [0.15, 0.2) is 0 Å².